The summed E-state index contributed by atoms with van der Waals surface area (Å²) < 4.78 is 5.09. The molecular weight excluding hydrogens is 230 g/mol. The molecule has 0 bridgehead atoms. The summed E-state index contributed by atoms with van der Waals surface area (Å²) in [5.74, 6) is 5.49. The molecule has 1 aromatic carbocycles. The van der Waals surface area contributed by atoms with E-state index in [9.17, 15) is 4.79 Å². The van der Waals surface area contributed by atoms with Gasteiger partial charge in [0.25, 0.3) is 0 Å². The zero-order valence-corrected chi connectivity index (χ0v) is 10.1. The van der Waals surface area contributed by atoms with E-state index < -0.39 is 0 Å². The Morgan fingerprint density at radius 2 is 2.33 bits per heavy atom. The molecule has 1 N–H and O–H groups in total. The zero-order chi connectivity index (χ0) is 12.8. The molecule has 18 heavy (non-hydrogen) atoms. The highest BCUT2D eigenvalue weighted by atomic mass is 16.5. The van der Waals surface area contributed by atoms with E-state index in [0.717, 1.165) is 11.1 Å². The molecule has 0 atom stereocenters. The Labute approximate surface area is 106 Å². The van der Waals surface area contributed by atoms with Crippen LogP contribution < -0.4 is 0 Å². The van der Waals surface area contributed by atoms with Crippen molar-refractivity contribution in [3.05, 3.63) is 35.4 Å². The molecule has 1 saturated heterocycles. The number of aliphatic hydroxyl groups is 1. The van der Waals surface area contributed by atoms with Crippen molar-refractivity contribution in [3.8, 4) is 11.8 Å². The van der Waals surface area contributed by atoms with Crippen LogP contribution in [0.5, 0.6) is 0 Å². The monoisotopic (exact) mass is 245 g/mol. The second kappa shape index (κ2) is 6.20. The molecule has 0 spiro atoms. The molecule has 4 heteroatoms. The van der Waals surface area contributed by atoms with E-state index in [1.54, 1.807) is 4.90 Å². The number of ether oxygens (including phenoxy) is 1. The van der Waals surface area contributed by atoms with Gasteiger partial charge in [0.2, 0.25) is 5.91 Å². The third-order valence-electron chi connectivity index (χ3n) is 2.70. The van der Waals surface area contributed by atoms with Gasteiger partial charge in [-0.25, -0.2) is 0 Å². The minimum atomic E-state index is -0.147. The lowest BCUT2D eigenvalue weighted by Crippen LogP contribution is -2.40. The summed E-state index contributed by atoms with van der Waals surface area (Å²) in [7, 11) is 0. The molecule has 0 unspecified atom stereocenters. The molecule has 1 aliphatic heterocycles. The maximum absolute atomic E-state index is 11.6. The van der Waals surface area contributed by atoms with Gasteiger partial charge in [-0.05, 0) is 17.7 Å². The number of morpholine rings is 1. The summed E-state index contributed by atoms with van der Waals surface area (Å²) in [4.78, 5) is 13.4. The molecule has 4 nitrogen and oxygen atoms in total. The molecule has 0 aromatic heterocycles. The van der Waals surface area contributed by atoms with Crippen LogP contribution in [-0.2, 0) is 16.1 Å². The maximum Gasteiger partial charge on any atom is 0.248 e. The molecular formula is C14H15NO3. The number of nitrogens with zero attached hydrogens (tertiary/aromatic N) is 1. The first-order valence-electron chi connectivity index (χ1n) is 5.84. The first kappa shape index (κ1) is 12.6. The number of aliphatic hydroxyl groups excluding tert-OH is 1. The molecule has 2 rings (SSSR count). The van der Waals surface area contributed by atoms with Gasteiger partial charge < -0.3 is 14.7 Å². The predicted octanol–water partition coefficient (Wildman–Crippen LogP) is 0.389. The summed E-state index contributed by atoms with van der Waals surface area (Å²) in [6.07, 6.45) is 0. The van der Waals surface area contributed by atoms with E-state index in [1.807, 2.05) is 24.3 Å². The van der Waals surface area contributed by atoms with Crippen molar-refractivity contribution in [2.75, 3.05) is 26.4 Å². The van der Waals surface area contributed by atoms with E-state index in [4.69, 9.17) is 9.84 Å². The first-order chi connectivity index (χ1) is 8.79. The second-order valence-corrected chi connectivity index (χ2v) is 4.03. The van der Waals surface area contributed by atoms with Crippen LogP contribution in [-0.4, -0.2) is 42.3 Å². The van der Waals surface area contributed by atoms with Crippen molar-refractivity contribution in [1.29, 1.82) is 0 Å². The SMILES string of the molecule is O=C1COCCN1Cc1cccc(C#CCO)c1. The van der Waals surface area contributed by atoms with Gasteiger partial charge in [-0.3, -0.25) is 4.79 Å². The van der Waals surface area contributed by atoms with Gasteiger partial charge >= 0.3 is 0 Å². The van der Waals surface area contributed by atoms with Crippen molar-refractivity contribution < 1.29 is 14.6 Å². The molecule has 94 valence electrons. The quantitative estimate of drug-likeness (QED) is 0.767. The topological polar surface area (TPSA) is 49.8 Å². The lowest BCUT2D eigenvalue weighted by atomic mass is 10.1. The van der Waals surface area contributed by atoms with Gasteiger partial charge in [-0.1, -0.05) is 24.0 Å². The average molecular weight is 245 g/mol. The number of rotatable bonds is 2. The van der Waals surface area contributed by atoms with Crippen LogP contribution in [0.1, 0.15) is 11.1 Å². The fourth-order valence-electron chi connectivity index (χ4n) is 1.83. The van der Waals surface area contributed by atoms with Crippen molar-refractivity contribution in [2.45, 2.75) is 6.54 Å². The lowest BCUT2D eigenvalue weighted by Gasteiger charge is -2.26. The highest BCUT2D eigenvalue weighted by Crippen LogP contribution is 2.10. The van der Waals surface area contributed by atoms with Crippen molar-refractivity contribution in [2.24, 2.45) is 0 Å². The zero-order valence-electron chi connectivity index (χ0n) is 10.1. The van der Waals surface area contributed by atoms with Gasteiger partial charge in [0.15, 0.2) is 0 Å². The van der Waals surface area contributed by atoms with Crippen LogP contribution in [0.25, 0.3) is 0 Å². The Bertz CT molecular complexity index is 487. The number of carbonyl (C=O) groups is 1. The Kier molecular flexibility index (Phi) is 4.35. The van der Waals surface area contributed by atoms with E-state index in [0.29, 0.717) is 19.7 Å². The van der Waals surface area contributed by atoms with Crippen LogP contribution in [0.15, 0.2) is 24.3 Å². The minimum Gasteiger partial charge on any atom is -0.384 e. The van der Waals surface area contributed by atoms with Crippen molar-refractivity contribution in [1.82, 2.24) is 4.90 Å². The van der Waals surface area contributed by atoms with Crippen LogP contribution in [0, 0.1) is 11.8 Å². The van der Waals surface area contributed by atoms with Crippen molar-refractivity contribution in [3.63, 3.8) is 0 Å². The normalized spacial score (nSPS) is 15.2. The summed E-state index contributed by atoms with van der Waals surface area (Å²) in [5.41, 5.74) is 1.89. The number of carbonyl (C=O) groups excluding carboxylic acids is 1. The average Bonchev–Trinajstić information content (AvgIpc) is 2.40. The fourth-order valence-corrected chi connectivity index (χ4v) is 1.83. The third kappa shape index (κ3) is 3.33. The fraction of sp³-hybridized carbons (Fsp3) is 0.357. The lowest BCUT2D eigenvalue weighted by molar-refractivity contribution is -0.143. The van der Waals surface area contributed by atoms with E-state index in [-0.39, 0.29) is 19.1 Å². The Hall–Kier alpha value is -1.83. The van der Waals surface area contributed by atoms with Crippen LogP contribution in [0.2, 0.25) is 0 Å². The maximum atomic E-state index is 11.6. The smallest absolute Gasteiger partial charge is 0.248 e. The first-order valence-corrected chi connectivity index (χ1v) is 5.84. The number of amides is 1. The van der Waals surface area contributed by atoms with E-state index >= 15 is 0 Å². The summed E-state index contributed by atoms with van der Waals surface area (Å²) in [6, 6.07) is 7.69. The largest absolute Gasteiger partial charge is 0.384 e. The van der Waals surface area contributed by atoms with Crippen LogP contribution in [0.3, 0.4) is 0 Å². The van der Waals surface area contributed by atoms with Crippen LogP contribution in [0.4, 0.5) is 0 Å². The predicted molar refractivity (Wildman–Crippen MR) is 66.6 cm³/mol. The molecule has 1 heterocycles. The molecule has 1 aliphatic rings. The molecule has 1 aromatic rings. The highest BCUT2D eigenvalue weighted by Gasteiger charge is 2.18. The Balaban J connectivity index is 2.06. The molecule has 0 radical (unpaired) electrons. The Morgan fingerprint density at radius 1 is 1.44 bits per heavy atom. The van der Waals surface area contributed by atoms with E-state index in [2.05, 4.69) is 11.8 Å². The standard InChI is InChI=1S/C14H15NO3/c16-7-2-5-12-3-1-4-13(9-12)10-15-6-8-18-11-14(15)17/h1,3-4,9,16H,6-8,10-11H2. The molecule has 1 amide bonds. The summed E-state index contributed by atoms with van der Waals surface area (Å²) in [5, 5.41) is 8.65. The van der Waals surface area contributed by atoms with E-state index in [1.165, 1.54) is 0 Å². The molecule has 0 aliphatic carbocycles. The number of benzene rings is 1. The van der Waals surface area contributed by atoms with Gasteiger partial charge in [-0.15, -0.1) is 0 Å². The highest BCUT2D eigenvalue weighted by molar-refractivity contribution is 5.78. The van der Waals surface area contributed by atoms with Gasteiger partial charge in [0, 0.05) is 18.7 Å². The number of hydrogen-bond donors (Lipinski definition) is 1. The summed E-state index contributed by atoms with van der Waals surface area (Å²) >= 11 is 0. The second-order valence-electron chi connectivity index (χ2n) is 4.03. The third-order valence-corrected chi connectivity index (χ3v) is 2.70. The minimum absolute atomic E-state index is 0.0214. The number of hydrogen-bond acceptors (Lipinski definition) is 3. The van der Waals surface area contributed by atoms with Gasteiger partial charge in [-0.2, -0.15) is 0 Å². The van der Waals surface area contributed by atoms with Gasteiger partial charge in [0.1, 0.15) is 13.2 Å². The van der Waals surface area contributed by atoms with Crippen LogP contribution >= 0.6 is 0 Å². The van der Waals surface area contributed by atoms with Crippen molar-refractivity contribution >= 4 is 5.91 Å². The van der Waals surface area contributed by atoms with Gasteiger partial charge in [0.05, 0.1) is 6.61 Å². The molecule has 1 fully saturated rings. The Morgan fingerprint density at radius 3 is 3.11 bits per heavy atom. The summed E-state index contributed by atoms with van der Waals surface area (Å²) in [6.45, 7) is 1.83. The molecule has 0 saturated carbocycles.